The second-order valence-corrected chi connectivity index (χ2v) is 9.42. The highest BCUT2D eigenvalue weighted by Crippen LogP contribution is 2.49. The second kappa shape index (κ2) is 9.83. The van der Waals surface area contributed by atoms with Crippen molar-refractivity contribution >= 4 is 39.1 Å². The van der Waals surface area contributed by atoms with Gasteiger partial charge < -0.3 is 14.6 Å². The number of carbonyl (C=O) groups excluding carboxylic acids is 2. The van der Waals surface area contributed by atoms with Crippen molar-refractivity contribution in [2.24, 2.45) is 5.92 Å². The molecule has 9 heteroatoms. The topological polar surface area (TPSA) is 88.5 Å². The third kappa shape index (κ3) is 4.08. The van der Waals surface area contributed by atoms with E-state index in [1.165, 1.54) is 12.0 Å². The minimum atomic E-state index is -1.00. The molecule has 186 valence electrons. The number of anilines is 2. The average molecular weight is 553 g/mol. The molecule has 1 N–H and O–H groups in total. The van der Waals surface area contributed by atoms with E-state index in [0.717, 1.165) is 6.42 Å². The van der Waals surface area contributed by atoms with E-state index in [-0.39, 0.29) is 17.4 Å². The van der Waals surface area contributed by atoms with Gasteiger partial charge in [-0.3, -0.25) is 14.4 Å². The molecule has 2 amide bonds. The number of phenolic OH excluding ortho intramolecular Hbond substituents is 1. The summed E-state index contributed by atoms with van der Waals surface area (Å²) in [5, 5.41) is 11.9. The number of benzene rings is 3. The number of rotatable bonds is 7. The number of methoxy groups -OCH3 is 1. The Labute approximate surface area is 217 Å². The molecule has 0 bridgehead atoms. The zero-order valence-electron chi connectivity index (χ0n) is 19.8. The van der Waals surface area contributed by atoms with E-state index in [1.54, 1.807) is 41.5 Å². The van der Waals surface area contributed by atoms with Crippen LogP contribution in [0.25, 0.3) is 0 Å². The van der Waals surface area contributed by atoms with Crippen LogP contribution >= 0.6 is 15.9 Å². The molecule has 0 radical (unpaired) electrons. The van der Waals surface area contributed by atoms with Gasteiger partial charge in [-0.2, -0.15) is 0 Å². The van der Waals surface area contributed by atoms with Crippen molar-refractivity contribution in [3.8, 4) is 17.2 Å². The van der Waals surface area contributed by atoms with Crippen LogP contribution in [0.1, 0.15) is 24.9 Å². The fourth-order valence-corrected chi connectivity index (χ4v) is 5.10. The molecular formula is C27H25BrN2O6. The number of aromatic hydroxyl groups is 1. The smallest absolute Gasteiger partial charge is 0.266 e. The molecule has 8 nitrogen and oxygen atoms in total. The molecule has 3 aromatic carbocycles. The van der Waals surface area contributed by atoms with Gasteiger partial charge in [-0.1, -0.05) is 25.1 Å². The Balaban J connectivity index is 1.54. The zero-order valence-corrected chi connectivity index (χ0v) is 21.3. The third-order valence-electron chi connectivity index (χ3n) is 6.31. The molecule has 2 aliphatic rings. The number of phenols is 1. The summed E-state index contributed by atoms with van der Waals surface area (Å²) in [6.45, 7) is 2.60. The van der Waals surface area contributed by atoms with Crippen molar-refractivity contribution in [3.63, 3.8) is 0 Å². The van der Waals surface area contributed by atoms with Gasteiger partial charge >= 0.3 is 0 Å². The summed E-state index contributed by atoms with van der Waals surface area (Å²) in [6, 6.07) is 18.9. The van der Waals surface area contributed by atoms with Gasteiger partial charge in [0.05, 0.1) is 35.6 Å². The molecule has 0 spiro atoms. The monoisotopic (exact) mass is 552 g/mol. The highest BCUT2D eigenvalue weighted by atomic mass is 79.9. The van der Waals surface area contributed by atoms with Crippen LogP contribution in [0.15, 0.2) is 71.2 Å². The zero-order chi connectivity index (χ0) is 25.4. The lowest BCUT2D eigenvalue weighted by Crippen LogP contribution is -2.37. The van der Waals surface area contributed by atoms with E-state index in [9.17, 15) is 14.7 Å². The lowest BCUT2D eigenvalue weighted by atomic mass is 9.90. The number of hydrogen-bond acceptors (Lipinski definition) is 7. The Morgan fingerprint density at radius 3 is 2.39 bits per heavy atom. The van der Waals surface area contributed by atoms with Gasteiger partial charge in [-0.05, 0) is 76.4 Å². The summed E-state index contributed by atoms with van der Waals surface area (Å²) >= 11 is 3.37. The van der Waals surface area contributed by atoms with Crippen LogP contribution in [0.5, 0.6) is 17.2 Å². The number of para-hydroxylation sites is 1. The normalized spacial score (nSPS) is 21.1. The number of fused-ring (bicyclic) bond motifs is 1. The molecule has 2 heterocycles. The maximum absolute atomic E-state index is 13.8. The quantitative estimate of drug-likeness (QED) is 0.412. The summed E-state index contributed by atoms with van der Waals surface area (Å²) in [5.41, 5.74) is 1.81. The van der Waals surface area contributed by atoms with Crippen LogP contribution in [0.2, 0.25) is 0 Å². The third-order valence-corrected chi connectivity index (χ3v) is 6.91. The largest absolute Gasteiger partial charge is 0.503 e. The van der Waals surface area contributed by atoms with E-state index in [0.29, 0.717) is 33.8 Å². The number of amides is 2. The number of carbonyl (C=O) groups is 2. The summed E-state index contributed by atoms with van der Waals surface area (Å²) in [6.07, 6.45) is -0.125. The first-order valence-electron chi connectivity index (χ1n) is 11.6. The van der Waals surface area contributed by atoms with Crippen molar-refractivity contribution in [1.29, 1.82) is 0 Å². The maximum atomic E-state index is 13.8. The van der Waals surface area contributed by atoms with Crippen LogP contribution in [0.3, 0.4) is 0 Å². The van der Waals surface area contributed by atoms with E-state index in [1.807, 2.05) is 37.3 Å². The number of hydroxylamine groups is 1. The van der Waals surface area contributed by atoms with E-state index >= 15 is 0 Å². The van der Waals surface area contributed by atoms with Crippen molar-refractivity contribution in [2.75, 3.05) is 23.7 Å². The van der Waals surface area contributed by atoms with Gasteiger partial charge in [0.25, 0.3) is 5.91 Å². The van der Waals surface area contributed by atoms with Gasteiger partial charge in [0, 0.05) is 0 Å². The molecule has 2 fully saturated rings. The van der Waals surface area contributed by atoms with Crippen LogP contribution in [0, 0.1) is 5.92 Å². The molecule has 0 aliphatic carbocycles. The van der Waals surface area contributed by atoms with E-state index in [4.69, 9.17) is 14.3 Å². The van der Waals surface area contributed by atoms with Gasteiger partial charge in [0.15, 0.2) is 17.6 Å². The SMILES string of the molecule is CCCOc1ccc(N2C(=O)[C@H]3[C@H](ON(c4ccccc4)[C@@H]3c3cc(Br)c(O)c(OC)c3)C2=O)cc1. The first-order chi connectivity index (χ1) is 17.4. The molecule has 0 unspecified atom stereocenters. The maximum Gasteiger partial charge on any atom is 0.266 e. The first kappa shape index (κ1) is 24.1. The standard InChI is InChI=1S/C27H25BrN2O6/c1-3-13-35-19-11-9-17(10-12-19)29-26(32)22-23(16-14-20(28)24(31)21(15-16)34-2)30(36-25(22)27(29)33)18-7-5-4-6-8-18/h4-12,14-15,22-23,25,31H,3,13H2,1-2H3/t22-,23-,25+/m1/s1. The average Bonchev–Trinajstić information content (AvgIpc) is 3.41. The molecule has 2 aliphatic heterocycles. The van der Waals surface area contributed by atoms with Gasteiger partial charge in [0.1, 0.15) is 11.7 Å². The number of halogens is 1. The number of imide groups is 1. The van der Waals surface area contributed by atoms with Gasteiger partial charge in [-0.25, -0.2) is 9.96 Å². The number of nitrogens with zero attached hydrogens (tertiary/aromatic N) is 2. The predicted molar refractivity (Wildman–Crippen MR) is 137 cm³/mol. The van der Waals surface area contributed by atoms with Crippen LogP contribution in [0.4, 0.5) is 11.4 Å². The molecule has 36 heavy (non-hydrogen) atoms. The molecule has 3 aromatic rings. The van der Waals surface area contributed by atoms with Gasteiger partial charge in [-0.15, -0.1) is 0 Å². The summed E-state index contributed by atoms with van der Waals surface area (Å²) in [5.74, 6) is -0.740. The van der Waals surface area contributed by atoms with Gasteiger partial charge in [0.2, 0.25) is 5.91 Å². The van der Waals surface area contributed by atoms with Crippen molar-refractivity contribution in [3.05, 3.63) is 76.8 Å². The Kier molecular flexibility index (Phi) is 6.59. The molecule has 5 rings (SSSR count). The molecule has 0 saturated carbocycles. The van der Waals surface area contributed by atoms with Crippen LogP contribution in [-0.4, -0.2) is 36.7 Å². The lowest BCUT2D eigenvalue weighted by Gasteiger charge is -2.29. The summed E-state index contributed by atoms with van der Waals surface area (Å²) < 4.78 is 11.4. The van der Waals surface area contributed by atoms with E-state index < -0.39 is 24.0 Å². The molecule has 0 aromatic heterocycles. The van der Waals surface area contributed by atoms with Crippen molar-refractivity contribution in [1.82, 2.24) is 0 Å². The first-order valence-corrected chi connectivity index (χ1v) is 12.4. The Morgan fingerprint density at radius 1 is 1.00 bits per heavy atom. The van der Waals surface area contributed by atoms with Crippen molar-refractivity contribution in [2.45, 2.75) is 25.5 Å². The highest BCUT2D eigenvalue weighted by molar-refractivity contribution is 9.10. The number of hydrogen-bond donors (Lipinski definition) is 1. The Bertz CT molecular complexity index is 1280. The minimum absolute atomic E-state index is 0.0520. The fourth-order valence-electron chi connectivity index (χ4n) is 4.64. The highest BCUT2D eigenvalue weighted by Gasteiger charge is 2.60. The molecule has 3 atom stereocenters. The Morgan fingerprint density at radius 2 is 1.72 bits per heavy atom. The predicted octanol–water partition coefficient (Wildman–Crippen LogP) is 5.00. The summed E-state index contributed by atoms with van der Waals surface area (Å²) in [7, 11) is 1.45. The number of ether oxygens (including phenoxy) is 2. The van der Waals surface area contributed by atoms with Crippen molar-refractivity contribution < 1.29 is 29.0 Å². The fraction of sp³-hybridized carbons (Fsp3) is 0.259. The molecule has 2 saturated heterocycles. The van der Waals surface area contributed by atoms with E-state index in [2.05, 4.69) is 15.9 Å². The van der Waals surface area contributed by atoms with Crippen LogP contribution < -0.4 is 19.4 Å². The lowest BCUT2D eigenvalue weighted by molar-refractivity contribution is -0.126. The minimum Gasteiger partial charge on any atom is -0.503 e. The van der Waals surface area contributed by atoms with Crippen LogP contribution in [-0.2, 0) is 14.4 Å². The Hall–Kier alpha value is -3.56. The second-order valence-electron chi connectivity index (χ2n) is 8.57. The molecular weight excluding hydrogens is 528 g/mol. The summed E-state index contributed by atoms with van der Waals surface area (Å²) in [4.78, 5) is 34.7.